The lowest BCUT2D eigenvalue weighted by molar-refractivity contribution is -0.253. The van der Waals surface area contributed by atoms with Gasteiger partial charge >= 0.3 is 12.5 Å². The van der Waals surface area contributed by atoms with Gasteiger partial charge in [0.05, 0.1) is 0 Å². The second kappa shape index (κ2) is 10.2. The zero-order valence-electron chi connectivity index (χ0n) is 14.2. The highest BCUT2D eigenvalue weighted by atomic mass is 35.5. The number of hydrogen-bond donors (Lipinski definition) is 1. The van der Waals surface area contributed by atoms with Crippen molar-refractivity contribution in [1.29, 1.82) is 0 Å². The maximum Gasteiger partial charge on any atom is 0.461 e. The van der Waals surface area contributed by atoms with Crippen LogP contribution in [0.25, 0.3) is 0 Å². The molecule has 2 rings (SSSR count). The van der Waals surface area contributed by atoms with Crippen LogP contribution in [0.4, 0.5) is 17.6 Å². The SMILES string of the molecule is CCCC[C@H](c1cccc(OC(F)(F)C(F)F)c1)N1CCNCC1.Cl. The minimum atomic E-state index is -4.48. The Labute approximate surface area is 152 Å². The molecule has 0 bridgehead atoms. The number of unbranched alkanes of at least 4 members (excludes halogenated alkanes) is 1. The molecule has 25 heavy (non-hydrogen) atoms. The molecule has 1 heterocycles. The van der Waals surface area contributed by atoms with Gasteiger partial charge in [-0.05, 0) is 24.1 Å². The van der Waals surface area contributed by atoms with E-state index in [-0.39, 0.29) is 24.2 Å². The fourth-order valence-corrected chi connectivity index (χ4v) is 2.94. The highest BCUT2D eigenvalue weighted by Gasteiger charge is 2.44. The van der Waals surface area contributed by atoms with Crippen LogP contribution >= 0.6 is 12.4 Å². The first-order chi connectivity index (χ1) is 11.4. The third-order valence-electron chi connectivity index (χ3n) is 4.17. The summed E-state index contributed by atoms with van der Waals surface area (Å²) in [5.41, 5.74) is 0.827. The Bertz CT molecular complexity index is 513. The molecule has 1 N–H and O–H groups in total. The van der Waals surface area contributed by atoms with Crippen LogP contribution in [0.3, 0.4) is 0 Å². The molecule has 0 radical (unpaired) electrons. The van der Waals surface area contributed by atoms with E-state index in [1.165, 1.54) is 12.1 Å². The Morgan fingerprint density at radius 2 is 1.92 bits per heavy atom. The van der Waals surface area contributed by atoms with Gasteiger partial charge < -0.3 is 10.1 Å². The lowest BCUT2D eigenvalue weighted by Crippen LogP contribution is -2.45. The van der Waals surface area contributed by atoms with Crippen LogP contribution in [-0.2, 0) is 0 Å². The molecule has 1 aromatic carbocycles. The molecule has 0 aliphatic carbocycles. The molecule has 0 saturated carbocycles. The van der Waals surface area contributed by atoms with Gasteiger partial charge in [0.25, 0.3) is 0 Å². The first kappa shape index (κ1) is 22.0. The van der Waals surface area contributed by atoms with E-state index in [2.05, 4.69) is 21.9 Å². The average molecular weight is 385 g/mol. The lowest BCUT2D eigenvalue weighted by Gasteiger charge is -2.35. The second-order valence-electron chi connectivity index (χ2n) is 5.98. The number of nitrogens with zero attached hydrogens (tertiary/aromatic N) is 1. The van der Waals surface area contributed by atoms with E-state index >= 15 is 0 Å². The fraction of sp³-hybridized carbons (Fsp3) is 0.647. The summed E-state index contributed by atoms with van der Waals surface area (Å²) >= 11 is 0. The van der Waals surface area contributed by atoms with Crippen molar-refractivity contribution >= 4 is 12.4 Å². The zero-order chi connectivity index (χ0) is 17.6. The summed E-state index contributed by atoms with van der Waals surface area (Å²) in [6, 6.07) is 6.24. The molecular formula is C17H25ClF4N2O. The Hall–Kier alpha value is -1.05. The highest BCUT2D eigenvalue weighted by Crippen LogP contribution is 2.32. The van der Waals surface area contributed by atoms with Crippen LogP contribution < -0.4 is 10.1 Å². The molecule has 0 spiro atoms. The molecule has 0 amide bonds. The normalized spacial score (nSPS) is 17.2. The number of alkyl halides is 4. The monoisotopic (exact) mass is 384 g/mol. The Morgan fingerprint density at radius 3 is 2.52 bits per heavy atom. The topological polar surface area (TPSA) is 24.5 Å². The minimum Gasteiger partial charge on any atom is -0.428 e. The molecule has 1 saturated heterocycles. The van der Waals surface area contributed by atoms with Crippen molar-refractivity contribution in [1.82, 2.24) is 10.2 Å². The lowest BCUT2D eigenvalue weighted by atomic mass is 9.98. The van der Waals surface area contributed by atoms with Gasteiger partial charge in [-0.15, -0.1) is 12.4 Å². The van der Waals surface area contributed by atoms with Gasteiger partial charge in [0.1, 0.15) is 5.75 Å². The largest absolute Gasteiger partial charge is 0.461 e. The molecule has 1 aliphatic heterocycles. The van der Waals surface area contributed by atoms with Crippen LogP contribution in [0.15, 0.2) is 24.3 Å². The molecule has 8 heteroatoms. The van der Waals surface area contributed by atoms with Crippen LogP contribution in [0.5, 0.6) is 5.75 Å². The second-order valence-corrected chi connectivity index (χ2v) is 5.98. The number of piperazine rings is 1. The van der Waals surface area contributed by atoms with Crippen molar-refractivity contribution in [2.24, 2.45) is 0 Å². The fourth-order valence-electron chi connectivity index (χ4n) is 2.94. The van der Waals surface area contributed by atoms with Crippen LogP contribution in [0, 0.1) is 0 Å². The third kappa shape index (κ3) is 6.31. The van der Waals surface area contributed by atoms with E-state index in [9.17, 15) is 17.6 Å². The van der Waals surface area contributed by atoms with Crippen molar-refractivity contribution in [2.45, 2.75) is 44.8 Å². The first-order valence-corrected chi connectivity index (χ1v) is 8.33. The van der Waals surface area contributed by atoms with Gasteiger partial charge in [-0.1, -0.05) is 31.9 Å². The average Bonchev–Trinajstić information content (AvgIpc) is 2.56. The molecule has 0 aromatic heterocycles. The van der Waals surface area contributed by atoms with Crippen molar-refractivity contribution < 1.29 is 22.3 Å². The van der Waals surface area contributed by atoms with Crippen molar-refractivity contribution in [3.8, 4) is 5.75 Å². The molecule has 144 valence electrons. The summed E-state index contributed by atoms with van der Waals surface area (Å²) in [7, 11) is 0. The van der Waals surface area contributed by atoms with E-state index in [1.807, 2.05) is 6.07 Å². The maximum absolute atomic E-state index is 13.1. The van der Waals surface area contributed by atoms with E-state index in [1.54, 1.807) is 6.07 Å². The first-order valence-electron chi connectivity index (χ1n) is 8.33. The van der Waals surface area contributed by atoms with Gasteiger partial charge in [0.15, 0.2) is 0 Å². The molecule has 1 fully saturated rings. The Kier molecular flexibility index (Phi) is 8.96. The molecule has 1 aliphatic rings. The quantitative estimate of drug-likeness (QED) is 0.669. The summed E-state index contributed by atoms with van der Waals surface area (Å²) in [6.07, 6.45) is -5.41. The summed E-state index contributed by atoms with van der Waals surface area (Å²) in [5, 5.41) is 3.28. The zero-order valence-corrected chi connectivity index (χ0v) is 15.0. The molecule has 1 atom stereocenters. The van der Waals surface area contributed by atoms with Gasteiger partial charge in [-0.25, -0.2) is 0 Å². The smallest absolute Gasteiger partial charge is 0.428 e. The number of rotatable bonds is 8. The highest BCUT2D eigenvalue weighted by molar-refractivity contribution is 5.85. The summed E-state index contributed by atoms with van der Waals surface area (Å²) in [5.74, 6) is -0.227. The molecule has 1 aromatic rings. The van der Waals surface area contributed by atoms with Crippen molar-refractivity contribution in [2.75, 3.05) is 26.2 Å². The molecule has 3 nitrogen and oxygen atoms in total. The van der Waals surface area contributed by atoms with Crippen molar-refractivity contribution in [3.63, 3.8) is 0 Å². The minimum absolute atomic E-state index is 0. The number of ether oxygens (including phenoxy) is 1. The standard InChI is InChI=1S/C17H24F4N2O.ClH/c1-2-3-7-15(23-10-8-22-9-11-23)13-5-4-6-14(12-13)24-17(20,21)16(18)19;/h4-6,12,15-16,22H,2-3,7-11H2,1H3;1H/t15-;/m1./s1. The Morgan fingerprint density at radius 1 is 1.24 bits per heavy atom. The molecular weight excluding hydrogens is 360 g/mol. The number of hydrogen-bond acceptors (Lipinski definition) is 3. The number of nitrogens with one attached hydrogen (secondary N) is 1. The molecule has 0 unspecified atom stereocenters. The van der Waals surface area contributed by atoms with Crippen LogP contribution in [0.1, 0.15) is 37.8 Å². The van der Waals surface area contributed by atoms with Gasteiger partial charge in [0, 0.05) is 32.2 Å². The van der Waals surface area contributed by atoms with Gasteiger partial charge in [0.2, 0.25) is 0 Å². The van der Waals surface area contributed by atoms with E-state index in [4.69, 9.17) is 0 Å². The third-order valence-corrected chi connectivity index (χ3v) is 4.17. The van der Waals surface area contributed by atoms with Gasteiger partial charge in [-0.2, -0.15) is 17.6 Å². The predicted molar refractivity (Wildman–Crippen MR) is 92.0 cm³/mol. The predicted octanol–water partition coefficient (Wildman–Crippen LogP) is 4.48. The van der Waals surface area contributed by atoms with Crippen molar-refractivity contribution in [3.05, 3.63) is 29.8 Å². The Balaban J connectivity index is 0.00000312. The number of halogens is 5. The number of benzene rings is 1. The summed E-state index contributed by atoms with van der Waals surface area (Å²) in [6.45, 7) is 5.58. The van der Waals surface area contributed by atoms with Crippen LogP contribution in [-0.4, -0.2) is 43.6 Å². The van der Waals surface area contributed by atoms with Gasteiger partial charge in [-0.3, -0.25) is 4.90 Å². The van der Waals surface area contributed by atoms with E-state index in [0.717, 1.165) is 51.0 Å². The summed E-state index contributed by atoms with van der Waals surface area (Å²) < 4.78 is 55.1. The summed E-state index contributed by atoms with van der Waals surface area (Å²) in [4.78, 5) is 2.30. The maximum atomic E-state index is 13.1. The van der Waals surface area contributed by atoms with E-state index in [0.29, 0.717) is 0 Å². The van der Waals surface area contributed by atoms with Crippen LogP contribution in [0.2, 0.25) is 0 Å². The van der Waals surface area contributed by atoms with E-state index < -0.39 is 12.5 Å².